The zero-order chi connectivity index (χ0) is 12.7. The summed E-state index contributed by atoms with van der Waals surface area (Å²) in [5, 5.41) is 9.81. The third-order valence-corrected chi connectivity index (χ3v) is 3.39. The van der Waals surface area contributed by atoms with Crippen LogP contribution in [0.2, 0.25) is 0 Å². The average molecular weight is 255 g/mol. The summed E-state index contributed by atoms with van der Waals surface area (Å²) in [6, 6.07) is 5.60. The second-order valence-corrected chi connectivity index (χ2v) is 5.31. The van der Waals surface area contributed by atoms with E-state index in [0.717, 1.165) is 29.9 Å². The molecule has 0 bridgehead atoms. The molecule has 1 N–H and O–H groups in total. The minimum absolute atomic E-state index is 0.395. The van der Waals surface area contributed by atoms with Crippen molar-refractivity contribution in [2.45, 2.75) is 51.8 Å². The Kier molecular flexibility index (Phi) is 6.43. The van der Waals surface area contributed by atoms with Gasteiger partial charge < -0.3 is 5.11 Å². The number of aromatic hydroxyl groups is 1. The van der Waals surface area contributed by atoms with E-state index in [-0.39, 0.29) is 0 Å². The first-order valence-corrected chi connectivity index (χ1v) is 7.04. The van der Waals surface area contributed by atoms with Crippen molar-refractivity contribution in [1.82, 2.24) is 0 Å². The highest BCUT2D eigenvalue weighted by molar-refractivity contribution is 6.17. The first kappa shape index (κ1) is 14.4. The van der Waals surface area contributed by atoms with Crippen LogP contribution in [0.5, 0.6) is 5.75 Å². The Balaban J connectivity index is 2.40. The van der Waals surface area contributed by atoms with Crippen molar-refractivity contribution in [3.63, 3.8) is 0 Å². The number of rotatable bonds is 7. The molecule has 0 aromatic heterocycles. The Morgan fingerprint density at radius 2 is 1.94 bits per heavy atom. The van der Waals surface area contributed by atoms with Crippen molar-refractivity contribution in [3.8, 4) is 5.75 Å². The monoisotopic (exact) mass is 254 g/mol. The maximum atomic E-state index is 9.81. The number of hydrogen-bond acceptors (Lipinski definition) is 1. The second-order valence-electron chi connectivity index (χ2n) is 5.04. The molecule has 2 heteroatoms. The molecule has 0 spiro atoms. The lowest BCUT2D eigenvalue weighted by Gasteiger charge is -2.09. The molecule has 1 aromatic carbocycles. The van der Waals surface area contributed by atoms with Crippen molar-refractivity contribution in [2.75, 3.05) is 0 Å². The molecule has 17 heavy (non-hydrogen) atoms. The van der Waals surface area contributed by atoms with Gasteiger partial charge in [-0.2, -0.15) is 0 Å². The zero-order valence-corrected chi connectivity index (χ0v) is 11.6. The third kappa shape index (κ3) is 4.99. The topological polar surface area (TPSA) is 20.2 Å². The first-order valence-electron chi connectivity index (χ1n) is 6.50. The lowest BCUT2D eigenvalue weighted by Crippen LogP contribution is -1.94. The van der Waals surface area contributed by atoms with Crippen LogP contribution in [0.25, 0.3) is 0 Å². The van der Waals surface area contributed by atoms with Gasteiger partial charge in [0.25, 0.3) is 0 Å². The highest BCUT2D eigenvalue weighted by Gasteiger charge is 2.06. The number of alkyl halides is 1. The number of phenolic OH excluding ortho intramolecular Hbond substituents is 1. The van der Waals surface area contributed by atoms with Gasteiger partial charge in [0.2, 0.25) is 0 Å². The summed E-state index contributed by atoms with van der Waals surface area (Å²) >= 11 is 5.87. The van der Waals surface area contributed by atoms with Crippen molar-refractivity contribution < 1.29 is 5.11 Å². The van der Waals surface area contributed by atoms with Crippen molar-refractivity contribution in [1.29, 1.82) is 0 Å². The molecule has 0 heterocycles. The fourth-order valence-corrected chi connectivity index (χ4v) is 2.32. The maximum absolute atomic E-state index is 9.81. The van der Waals surface area contributed by atoms with Gasteiger partial charge in [0.15, 0.2) is 0 Å². The molecule has 1 nitrogen and oxygen atoms in total. The summed E-state index contributed by atoms with van der Waals surface area (Å²) in [5.41, 5.74) is 2.10. The fourth-order valence-electron chi connectivity index (χ4n) is 2.07. The van der Waals surface area contributed by atoms with E-state index >= 15 is 0 Å². The third-order valence-electron chi connectivity index (χ3n) is 3.10. The molecule has 96 valence electrons. The summed E-state index contributed by atoms with van der Waals surface area (Å²) in [6.45, 7) is 4.52. The predicted molar refractivity (Wildman–Crippen MR) is 74.7 cm³/mol. The van der Waals surface area contributed by atoms with E-state index < -0.39 is 0 Å². The number of phenols is 1. The first-order chi connectivity index (χ1) is 8.15. The van der Waals surface area contributed by atoms with E-state index in [1.807, 2.05) is 12.1 Å². The minimum Gasteiger partial charge on any atom is -0.508 e. The van der Waals surface area contributed by atoms with E-state index in [1.165, 1.54) is 19.3 Å². The molecule has 0 aliphatic rings. The van der Waals surface area contributed by atoms with E-state index in [1.54, 1.807) is 6.07 Å². The van der Waals surface area contributed by atoms with Crippen LogP contribution in [-0.2, 0) is 12.3 Å². The van der Waals surface area contributed by atoms with Crippen LogP contribution < -0.4 is 0 Å². The van der Waals surface area contributed by atoms with E-state index in [4.69, 9.17) is 11.6 Å². The SMILES string of the molecule is CC(C)CCCCCc1c(O)cccc1CCl. The van der Waals surface area contributed by atoms with Crippen LogP contribution in [0.4, 0.5) is 0 Å². The highest BCUT2D eigenvalue weighted by Crippen LogP contribution is 2.24. The minimum atomic E-state index is 0.395. The molecular formula is C15H23ClO. The molecule has 1 aromatic rings. The molecule has 0 amide bonds. The quantitative estimate of drug-likeness (QED) is 0.543. The van der Waals surface area contributed by atoms with Gasteiger partial charge in [-0.05, 0) is 36.0 Å². The summed E-state index contributed by atoms with van der Waals surface area (Å²) in [4.78, 5) is 0. The predicted octanol–water partition coefficient (Wildman–Crippen LogP) is 4.89. The van der Waals surface area contributed by atoms with Crippen LogP contribution >= 0.6 is 11.6 Å². The smallest absolute Gasteiger partial charge is 0.119 e. The molecule has 0 fully saturated rings. The van der Waals surface area contributed by atoms with Crippen LogP contribution in [-0.4, -0.2) is 5.11 Å². The largest absolute Gasteiger partial charge is 0.508 e. The van der Waals surface area contributed by atoms with Gasteiger partial charge >= 0.3 is 0 Å². The Hall–Kier alpha value is -0.690. The molecule has 0 saturated carbocycles. The number of unbranched alkanes of at least 4 members (excludes halogenated alkanes) is 2. The van der Waals surface area contributed by atoms with Gasteiger partial charge in [-0.15, -0.1) is 11.6 Å². The van der Waals surface area contributed by atoms with Crippen molar-refractivity contribution >= 4 is 11.6 Å². The van der Waals surface area contributed by atoms with Gasteiger partial charge in [0.1, 0.15) is 5.75 Å². The highest BCUT2D eigenvalue weighted by atomic mass is 35.5. The van der Waals surface area contributed by atoms with Crippen molar-refractivity contribution in [2.24, 2.45) is 5.92 Å². The molecule has 1 rings (SSSR count). The molecule has 0 aliphatic carbocycles. The molecule has 0 aliphatic heterocycles. The van der Waals surface area contributed by atoms with E-state index in [9.17, 15) is 5.11 Å². The van der Waals surface area contributed by atoms with Crippen molar-refractivity contribution in [3.05, 3.63) is 29.3 Å². The van der Waals surface area contributed by atoms with Crippen LogP contribution in [0.3, 0.4) is 0 Å². The van der Waals surface area contributed by atoms with Crippen LogP contribution in [0.15, 0.2) is 18.2 Å². The molecule has 0 unspecified atom stereocenters. The number of halogens is 1. The fraction of sp³-hybridized carbons (Fsp3) is 0.600. The lowest BCUT2D eigenvalue weighted by molar-refractivity contribution is 0.464. The molecule has 0 atom stereocenters. The Bertz CT molecular complexity index is 334. The summed E-state index contributed by atoms with van der Waals surface area (Å²) < 4.78 is 0. The van der Waals surface area contributed by atoms with Gasteiger partial charge in [0.05, 0.1) is 0 Å². The van der Waals surface area contributed by atoms with Crippen LogP contribution in [0, 0.1) is 5.92 Å². The van der Waals surface area contributed by atoms with Gasteiger partial charge in [-0.3, -0.25) is 0 Å². The second kappa shape index (κ2) is 7.60. The normalized spacial score (nSPS) is 11.1. The zero-order valence-electron chi connectivity index (χ0n) is 10.9. The number of benzene rings is 1. The molecule has 0 radical (unpaired) electrons. The molecule has 0 saturated heterocycles. The molecular weight excluding hydrogens is 232 g/mol. The number of hydrogen-bond donors (Lipinski definition) is 1. The maximum Gasteiger partial charge on any atom is 0.119 e. The summed E-state index contributed by atoms with van der Waals surface area (Å²) in [6.07, 6.45) is 5.87. The standard InChI is InChI=1S/C15H23ClO/c1-12(2)7-4-3-5-9-14-13(11-16)8-6-10-15(14)17/h6,8,10,12,17H,3-5,7,9,11H2,1-2H3. The summed E-state index contributed by atoms with van der Waals surface area (Å²) in [5.74, 6) is 1.67. The Labute approximate surface area is 110 Å². The van der Waals surface area contributed by atoms with E-state index in [2.05, 4.69) is 13.8 Å². The summed E-state index contributed by atoms with van der Waals surface area (Å²) in [7, 11) is 0. The van der Waals surface area contributed by atoms with E-state index in [0.29, 0.717) is 11.6 Å². The van der Waals surface area contributed by atoms with Gasteiger partial charge in [-0.25, -0.2) is 0 Å². The van der Waals surface area contributed by atoms with Gasteiger partial charge in [-0.1, -0.05) is 45.2 Å². The van der Waals surface area contributed by atoms with Gasteiger partial charge in [0, 0.05) is 5.88 Å². The Morgan fingerprint density at radius 3 is 2.59 bits per heavy atom. The van der Waals surface area contributed by atoms with Crippen LogP contribution in [0.1, 0.15) is 50.7 Å². The lowest BCUT2D eigenvalue weighted by atomic mass is 9.99. The Morgan fingerprint density at radius 1 is 1.18 bits per heavy atom. The average Bonchev–Trinajstić information content (AvgIpc) is 2.30.